The Morgan fingerprint density at radius 2 is 2.03 bits per heavy atom. The number of aliphatic hydroxyl groups excluding tert-OH is 1. The van der Waals surface area contributed by atoms with Gasteiger partial charge in [-0.05, 0) is 37.1 Å². The quantitative estimate of drug-likeness (QED) is 0.452. The highest BCUT2D eigenvalue weighted by molar-refractivity contribution is 6.31. The van der Waals surface area contributed by atoms with Crippen molar-refractivity contribution in [1.82, 2.24) is 25.0 Å². The summed E-state index contributed by atoms with van der Waals surface area (Å²) in [6, 6.07) is 3.85. The van der Waals surface area contributed by atoms with E-state index >= 15 is 0 Å². The number of likely N-dealkylation sites (tertiary alicyclic amines) is 1. The van der Waals surface area contributed by atoms with Gasteiger partial charge in [0.1, 0.15) is 5.69 Å². The summed E-state index contributed by atoms with van der Waals surface area (Å²) in [4.78, 5) is 18.0. The lowest BCUT2D eigenvalue weighted by Crippen LogP contribution is -2.65. The van der Waals surface area contributed by atoms with Crippen LogP contribution in [-0.4, -0.2) is 62.1 Å². The van der Waals surface area contributed by atoms with Crippen LogP contribution in [0.4, 0.5) is 28.0 Å². The van der Waals surface area contributed by atoms with Gasteiger partial charge in [0, 0.05) is 35.2 Å². The lowest BCUT2D eigenvalue weighted by molar-refractivity contribution is -0.140. The van der Waals surface area contributed by atoms with Crippen LogP contribution >= 0.6 is 11.6 Å². The molecule has 2 unspecified atom stereocenters. The minimum absolute atomic E-state index is 0.0653. The first-order valence-electron chi connectivity index (χ1n) is 10.9. The van der Waals surface area contributed by atoms with Crippen molar-refractivity contribution in [3.63, 3.8) is 0 Å². The number of aromatic nitrogens is 3. The zero-order chi connectivity index (χ0) is 24.9. The second kappa shape index (κ2) is 8.83. The number of nitrogens with zero attached hydrogens (tertiary/aromatic N) is 4. The lowest BCUT2D eigenvalue weighted by Gasteiger charge is -2.48. The van der Waals surface area contributed by atoms with Gasteiger partial charge in [0.2, 0.25) is 0 Å². The van der Waals surface area contributed by atoms with E-state index in [0.717, 1.165) is 12.3 Å². The molecule has 13 heteroatoms. The van der Waals surface area contributed by atoms with Gasteiger partial charge in [-0.25, -0.2) is 14.2 Å². The molecule has 0 bridgehead atoms. The van der Waals surface area contributed by atoms with Crippen molar-refractivity contribution in [3.05, 3.63) is 53.2 Å². The number of rotatable bonds is 5. The molecular weight excluding hydrogens is 492 g/mol. The van der Waals surface area contributed by atoms with Crippen molar-refractivity contribution in [2.24, 2.45) is 0 Å². The third-order valence-electron chi connectivity index (χ3n) is 6.40. The van der Waals surface area contributed by atoms with Gasteiger partial charge in [-0.3, -0.25) is 4.68 Å². The molecule has 1 aromatic carbocycles. The monoisotopic (exact) mass is 512 g/mol. The van der Waals surface area contributed by atoms with E-state index in [0.29, 0.717) is 23.3 Å². The minimum Gasteiger partial charge on any atom is -0.393 e. The highest BCUT2D eigenvalue weighted by Crippen LogP contribution is 2.35. The topological polar surface area (TPSA) is 95.3 Å². The number of amides is 2. The summed E-state index contributed by atoms with van der Waals surface area (Å²) in [6.45, 7) is 0.307. The Labute approximate surface area is 201 Å². The van der Waals surface area contributed by atoms with Crippen molar-refractivity contribution in [2.45, 2.75) is 43.2 Å². The van der Waals surface area contributed by atoms with E-state index in [1.54, 1.807) is 0 Å². The van der Waals surface area contributed by atoms with Gasteiger partial charge in [0.25, 0.3) is 0 Å². The van der Waals surface area contributed by atoms with Crippen LogP contribution in [0.1, 0.15) is 24.6 Å². The number of hydrogen-bond acceptors (Lipinski definition) is 5. The second-order valence-corrected chi connectivity index (χ2v) is 9.23. The number of anilines is 1. The number of halogens is 5. The number of aliphatic hydroxyl groups is 1. The number of benzene rings is 1. The van der Waals surface area contributed by atoms with Gasteiger partial charge in [0.15, 0.2) is 5.82 Å². The molecule has 1 saturated carbocycles. The molecule has 2 aromatic heterocycles. The molecule has 0 radical (unpaired) electrons. The fourth-order valence-electron chi connectivity index (χ4n) is 4.43. The number of carbonyl (C=O) groups excluding carboxylic acids is 1. The Bertz CT molecular complexity index is 1260. The molecule has 2 fully saturated rings. The summed E-state index contributed by atoms with van der Waals surface area (Å²) >= 11 is 6.07. The third-order valence-corrected chi connectivity index (χ3v) is 6.64. The Morgan fingerprint density at radius 1 is 1.26 bits per heavy atom. The van der Waals surface area contributed by atoms with Crippen molar-refractivity contribution < 1.29 is 27.5 Å². The van der Waals surface area contributed by atoms with Gasteiger partial charge >= 0.3 is 12.2 Å². The molecular formula is C22H21ClF4N6O2. The van der Waals surface area contributed by atoms with E-state index in [1.165, 1.54) is 34.0 Å². The zero-order valence-electron chi connectivity index (χ0n) is 18.1. The summed E-state index contributed by atoms with van der Waals surface area (Å²) in [5.74, 6) is -0.535. The Balaban J connectivity index is 1.40. The van der Waals surface area contributed by atoms with Crippen LogP contribution in [0.5, 0.6) is 0 Å². The number of carbonyl (C=O) groups is 1. The first-order chi connectivity index (χ1) is 16.6. The van der Waals surface area contributed by atoms with Crippen LogP contribution in [0.3, 0.4) is 0 Å². The molecule has 2 aliphatic rings. The van der Waals surface area contributed by atoms with Crippen LogP contribution in [0.15, 0.2) is 36.7 Å². The van der Waals surface area contributed by atoms with Crippen LogP contribution in [0.2, 0.25) is 5.02 Å². The average Bonchev–Trinajstić information content (AvgIpc) is 3.16. The maximum Gasteiger partial charge on any atom is 0.433 e. The van der Waals surface area contributed by atoms with E-state index in [-0.39, 0.29) is 42.4 Å². The second-order valence-electron chi connectivity index (χ2n) is 8.79. The third kappa shape index (κ3) is 4.72. The summed E-state index contributed by atoms with van der Waals surface area (Å²) in [5, 5.41) is 20.0. The maximum absolute atomic E-state index is 13.6. The normalized spacial score (nSPS) is 24.1. The predicted molar refractivity (Wildman–Crippen MR) is 120 cm³/mol. The van der Waals surface area contributed by atoms with E-state index in [2.05, 4.69) is 20.7 Å². The standard InChI is InChI=1S/C22H21ClF4N6O2/c23-11-1-2-16-15(3-11)17(6-20(31-16)22(25,26)27)28-8-18-19(33-9-12(24)7-29-33)10-32(18)21(35)30-13-4-14(34)5-13/h1-3,6-7,9,13-14,18-19,34H,4-5,8,10H2,(H,28,31)(H,30,35). The number of hydrogen-bond donors (Lipinski definition) is 3. The SMILES string of the molecule is O=C(NC1CC(O)C1)N1CC(n2cc(F)cn2)C1CNc1cc(C(F)(F)F)nc2ccc(Cl)cc12. The van der Waals surface area contributed by atoms with Crippen molar-refractivity contribution >= 4 is 34.2 Å². The summed E-state index contributed by atoms with van der Waals surface area (Å²) < 4.78 is 55.3. The van der Waals surface area contributed by atoms with Crippen molar-refractivity contribution in [1.29, 1.82) is 0 Å². The molecule has 2 atom stereocenters. The van der Waals surface area contributed by atoms with E-state index in [9.17, 15) is 27.5 Å². The molecule has 1 saturated heterocycles. The number of fused-ring (bicyclic) bond motifs is 1. The maximum atomic E-state index is 13.6. The van der Waals surface area contributed by atoms with E-state index in [4.69, 9.17) is 11.6 Å². The minimum atomic E-state index is -4.66. The van der Waals surface area contributed by atoms with Gasteiger partial charge in [-0.15, -0.1) is 0 Å². The largest absolute Gasteiger partial charge is 0.433 e. The number of urea groups is 1. The molecule has 35 heavy (non-hydrogen) atoms. The Kier molecular flexibility index (Phi) is 5.96. The molecule has 3 N–H and O–H groups in total. The Morgan fingerprint density at radius 3 is 2.69 bits per heavy atom. The first kappa shape index (κ1) is 23.6. The lowest BCUT2D eigenvalue weighted by atomic mass is 9.89. The molecule has 1 aliphatic heterocycles. The molecule has 8 nitrogen and oxygen atoms in total. The average molecular weight is 513 g/mol. The molecule has 3 aromatic rings. The number of alkyl halides is 3. The number of nitrogens with one attached hydrogen (secondary N) is 2. The van der Waals surface area contributed by atoms with Gasteiger partial charge in [-0.2, -0.15) is 18.3 Å². The zero-order valence-corrected chi connectivity index (χ0v) is 18.9. The molecule has 2 amide bonds. The van der Waals surface area contributed by atoms with Crippen LogP contribution in [0.25, 0.3) is 10.9 Å². The molecule has 0 spiro atoms. The van der Waals surface area contributed by atoms with Crippen molar-refractivity contribution in [3.8, 4) is 0 Å². The highest BCUT2D eigenvalue weighted by atomic mass is 35.5. The Hall–Kier alpha value is -3.12. The number of pyridine rings is 1. The first-order valence-corrected chi connectivity index (χ1v) is 11.3. The fraction of sp³-hybridized carbons (Fsp3) is 0.409. The smallest absolute Gasteiger partial charge is 0.393 e. The van der Waals surface area contributed by atoms with Gasteiger partial charge < -0.3 is 20.6 Å². The van der Waals surface area contributed by atoms with Crippen LogP contribution in [0, 0.1) is 5.82 Å². The van der Waals surface area contributed by atoms with E-state index < -0.39 is 29.8 Å². The molecule has 5 rings (SSSR count). The highest BCUT2D eigenvalue weighted by Gasteiger charge is 2.45. The van der Waals surface area contributed by atoms with Crippen molar-refractivity contribution in [2.75, 3.05) is 18.4 Å². The fourth-order valence-corrected chi connectivity index (χ4v) is 4.60. The summed E-state index contributed by atoms with van der Waals surface area (Å²) in [7, 11) is 0. The van der Waals surface area contributed by atoms with Crippen LogP contribution < -0.4 is 10.6 Å². The molecule has 3 heterocycles. The molecule has 186 valence electrons. The predicted octanol–water partition coefficient (Wildman–Crippen LogP) is 3.81. The molecule has 1 aliphatic carbocycles. The van der Waals surface area contributed by atoms with Gasteiger partial charge in [0.05, 0.1) is 36.1 Å². The summed E-state index contributed by atoms with van der Waals surface area (Å²) in [5.41, 5.74) is -0.791. The van der Waals surface area contributed by atoms with Crippen LogP contribution in [-0.2, 0) is 6.18 Å². The summed E-state index contributed by atoms with van der Waals surface area (Å²) in [6.07, 6.45) is -1.92. The van der Waals surface area contributed by atoms with E-state index in [1.807, 2.05) is 0 Å². The van der Waals surface area contributed by atoms with Gasteiger partial charge in [-0.1, -0.05) is 11.6 Å².